The minimum atomic E-state index is -0.124. The van der Waals surface area contributed by atoms with Gasteiger partial charge in [0.05, 0.1) is 0 Å². The molecule has 11 heavy (non-hydrogen) atoms. The Morgan fingerprint density at radius 2 is 1.82 bits per heavy atom. The lowest BCUT2D eigenvalue weighted by molar-refractivity contribution is 0.884. The molecule has 2 rings (SSSR count). The van der Waals surface area contributed by atoms with Gasteiger partial charge in [-0.1, -0.05) is 30.3 Å². The molecule has 1 aromatic rings. The van der Waals surface area contributed by atoms with Gasteiger partial charge in [0.15, 0.2) is 0 Å². The van der Waals surface area contributed by atoms with Gasteiger partial charge in [0.25, 0.3) is 5.54 Å². The average Bonchev–Trinajstić information content (AvgIpc) is 2.86. The van der Waals surface area contributed by atoms with Gasteiger partial charge >= 0.3 is 0 Å². The van der Waals surface area contributed by atoms with Gasteiger partial charge in [0.2, 0.25) is 0 Å². The van der Waals surface area contributed by atoms with Gasteiger partial charge in [-0.25, -0.2) is 6.57 Å². The summed E-state index contributed by atoms with van der Waals surface area (Å²) in [6, 6.07) is 10.1. The maximum Gasteiger partial charge on any atom is 0.258 e. The molecule has 0 bridgehead atoms. The van der Waals surface area contributed by atoms with Crippen molar-refractivity contribution in [2.24, 2.45) is 0 Å². The Bertz CT molecular complexity index is 290. The maximum atomic E-state index is 7.03. The summed E-state index contributed by atoms with van der Waals surface area (Å²) in [5, 5.41) is 0. The van der Waals surface area contributed by atoms with E-state index in [-0.39, 0.29) is 5.54 Å². The van der Waals surface area contributed by atoms with Gasteiger partial charge in [0, 0.05) is 18.4 Å². The van der Waals surface area contributed by atoms with Crippen molar-refractivity contribution in [2.75, 3.05) is 0 Å². The van der Waals surface area contributed by atoms with E-state index in [1.54, 1.807) is 0 Å². The van der Waals surface area contributed by atoms with Gasteiger partial charge < -0.3 is 4.85 Å². The number of hydrogen-bond donors (Lipinski definition) is 0. The molecule has 1 saturated carbocycles. The standard InChI is InChI=1S/C10H9N/c1-11-10(7-8-10)9-5-3-2-4-6-9/h2-6H,7-8H2. The lowest BCUT2D eigenvalue weighted by atomic mass is 10.1. The van der Waals surface area contributed by atoms with Crippen LogP contribution in [0.3, 0.4) is 0 Å². The predicted molar refractivity (Wildman–Crippen MR) is 44.0 cm³/mol. The zero-order chi connectivity index (χ0) is 7.73. The van der Waals surface area contributed by atoms with E-state index >= 15 is 0 Å². The summed E-state index contributed by atoms with van der Waals surface area (Å²) in [7, 11) is 0. The van der Waals surface area contributed by atoms with Crippen LogP contribution in [-0.2, 0) is 5.54 Å². The molecule has 1 aliphatic carbocycles. The third-order valence-electron chi connectivity index (χ3n) is 2.25. The zero-order valence-corrected chi connectivity index (χ0v) is 6.25. The van der Waals surface area contributed by atoms with Crippen LogP contribution in [-0.4, -0.2) is 0 Å². The molecule has 1 aromatic carbocycles. The second-order valence-electron chi connectivity index (χ2n) is 3.01. The maximum absolute atomic E-state index is 7.03. The quantitative estimate of drug-likeness (QED) is 0.532. The number of benzene rings is 1. The number of rotatable bonds is 1. The molecule has 0 amide bonds. The lowest BCUT2D eigenvalue weighted by Crippen LogP contribution is -1.97. The summed E-state index contributed by atoms with van der Waals surface area (Å²) >= 11 is 0. The molecule has 0 unspecified atom stereocenters. The Hall–Kier alpha value is -1.29. The molecule has 0 saturated heterocycles. The van der Waals surface area contributed by atoms with Crippen molar-refractivity contribution in [3.63, 3.8) is 0 Å². The van der Waals surface area contributed by atoms with Crippen LogP contribution in [0.15, 0.2) is 30.3 Å². The second kappa shape index (κ2) is 2.10. The van der Waals surface area contributed by atoms with Gasteiger partial charge in [-0.15, -0.1) is 0 Å². The summed E-state index contributed by atoms with van der Waals surface area (Å²) < 4.78 is 0. The third-order valence-corrected chi connectivity index (χ3v) is 2.25. The van der Waals surface area contributed by atoms with Gasteiger partial charge in [-0.3, -0.25) is 0 Å². The smallest absolute Gasteiger partial charge is 0.258 e. The van der Waals surface area contributed by atoms with E-state index in [9.17, 15) is 0 Å². The molecule has 0 N–H and O–H groups in total. The van der Waals surface area contributed by atoms with E-state index in [0.717, 1.165) is 12.8 Å². The van der Waals surface area contributed by atoms with Crippen LogP contribution in [0.2, 0.25) is 0 Å². The Labute approximate surface area is 66.5 Å². The largest absolute Gasteiger partial charge is 0.305 e. The Kier molecular flexibility index (Phi) is 1.22. The molecule has 0 heterocycles. The molecular formula is C10H9N. The van der Waals surface area contributed by atoms with Crippen molar-refractivity contribution in [1.29, 1.82) is 0 Å². The molecule has 54 valence electrons. The summed E-state index contributed by atoms with van der Waals surface area (Å²) in [6.07, 6.45) is 2.08. The molecule has 1 aliphatic rings. The van der Waals surface area contributed by atoms with Crippen LogP contribution in [0, 0.1) is 6.57 Å². The van der Waals surface area contributed by atoms with Crippen molar-refractivity contribution >= 4 is 0 Å². The van der Waals surface area contributed by atoms with Crippen LogP contribution in [0.4, 0.5) is 0 Å². The molecule has 0 aliphatic heterocycles. The van der Waals surface area contributed by atoms with Crippen LogP contribution in [0.5, 0.6) is 0 Å². The molecular weight excluding hydrogens is 134 g/mol. The highest BCUT2D eigenvalue weighted by Crippen LogP contribution is 2.49. The molecule has 1 nitrogen and oxygen atoms in total. The van der Waals surface area contributed by atoms with Crippen molar-refractivity contribution < 1.29 is 0 Å². The first kappa shape index (κ1) is 6.42. The van der Waals surface area contributed by atoms with Crippen molar-refractivity contribution in [3.8, 4) is 0 Å². The van der Waals surface area contributed by atoms with Crippen LogP contribution < -0.4 is 0 Å². The molecule has 0 spiro atoms. The molecule has 1 fully saturated rings. The summed E-state index contributed by atoms with van der Waals surface area (Å²) in [5.41, 5.74) is 1.07. The second-order valence-corrected chi connectivity index (χ2v) is 3.01. The lowest BCUT2D eigenvalue weighted by Gasteiger charge is -1.99. The Morgan fingerprint density at radius 3 is 2.27 bits per heavy atom. The highest BCUT2D eigenvalue weighted by Gasteiger charge is 2.52. The predicted octanol–water partition coefficient (Wildman–Crippen LogP) is 2.59. The van der Waals surface area contributed by atoms with E-state index in [0.29, 0.717) is 0 Å². The van der Waals surface area contributed by atoms with E-state index < -0.39 is 0 Å². The molecule has 0 aromatic heterocycles. The topological polar surface area (TPSA) is 4.36 Å². The van der Waals surface area contributed by atoms with E-state index in [1.807, 2.05) is 30.3 Å². The number of nitrogens with zero attached hydrogens (tertiary/aromatic N) is 1. The fourth-order valence-electron chi connectivity index (χ4n) is 1.33. The normalized spacial score (nSPS) is 18.8. The van der Waals surface area contributed by atoms with Crippen LogP contribution in [0.1, 0.15) is 18.4 Å². The van der Waals surface area contributed by atoms with Crippen molar-refractivity contribution in [3.05, 3.63) is 47.3 Å². The first-order chi connectivity index (χ1) is 5.37. The van der Waals surface area contributed by atoms with Gasteiger partial charge in [-0.05, 0) is 0 Å². The summed E-state index contributed by atoms with van der Waals surface area (Å²) in [6.45, 7) is 7.03. The average molecular weight is 143 g/mol. The fourth-order valence-corrected chi connectivity index (χ4v) is 1.33. The summed E-state index contributed by atoms with van der Waals surface area (Å²) in [4.78, 5) is 3.65. The van der Waals surface area contributed by atoms with Gasteiger partial charge in [-0.2, -0.15) is 0 Å². The first-order valence-electron chi connectivity index (χ1n) is 3.82. The Morgan fingerprint density at radius 1 is 1.18 bits per heavy atom. The van der Waals surface area contributed by atoms with E-state index in [1.165, 1.54) is 5.56 Å². The number of hydrogen-bond acceptors (Lipinski definition) is 0. The van der Waals surface area contributed by atoms with Crippen LogP contribution in [0.25, 0.3) is 4.85 Å². The molecule has 1 heteroatoms. The van der Waals surface area contributed by atoms with Gasteiger partial charge in [0.1, 0.15) is 0 Å². The Balaban J connectivity index is 2.39. The van der Waals surface area contributed by atoms with Crippen molar-refractivity contribution in [1.82, 2.24) is 0 Å². The highest BCUT2D eigenvalue weighted by atomic mass is 14.9. The molecule has 0 atom stereocenters. The highest BCUT2D eigenvalue weighted by molar-refractivity contribution is 5.33. The zero-order valence-electron chi connectivity index (χ0n) is 6.25. The van der Waals surface area contributed by atoms with Crippen LogP contribution >= 0.6 is 0 Å². The SMILES string of the molecule is [C-]#[N+]C1(c2ccccc2)CC1. The van der Waals surface area contributed by atoms with Crippen molar-refractivity contribution in [2.45, 2.75) is 18.4 Å². The van der Waals surface area contributed by atoms with E-state index in [4.69, 9.17) is 6.57 Å². The third kappa shape index (κ3) is 0.914. The van der Waals surface area contributed by atoms with E-state index in [2.05, 4.69) is 4.85 Å². The first-order valence-corrected chi connectivity index (χ1v) is 3.82. The monoisotopic (exact) mass is 143 g/mol. The minimum Gasteiger partial charge on any atom is -0.305 e. The fraction of sp³-hybridized carbons (Fsp3) is 0.300. The summed E-state index contributed by atoms with van der Waals surface area (Å²) in [5.74, 6) is 0. The minimum absolute atomic E-state index is 0.124. The molecule has 0 radical (unpaired) electrons.